The lowest BCUT2D eigenvalue weighted by Crippen LogP contribution is -2.43. The van der Waals surface area contributed by atoms with Crippen molar-refractivity contribution < 1.29 is 19.1 Å². The maximum atomic E-state index is 12.6. The SMILES string of the molecule is COc1ccc(OC2CCC(N3C(=O)c4ccccc4C3=O)CC2)cc1. The first-order valence-electron chi connectivity index (χ1n) is 8.95. The number of benzene rings is 2. The van der Waals surface area contributed by atoms with Gasteiger partial charge in [0.2, 0.25) is 0 Å². The zero-order valence-electron chi connectivity index (χ0n) is 14.7. The van der Waals surface area contributed by atoms with Crippen molar-refractivity contribution in [2.24, 2.45) is 0 Å². The van der Waals surface area contributed by atoms with E-state index in [0.29, 0.717) is 11.1 Å². The van der Waals surface area contributed by atoms with Crippen LogP contribution in [0.2, 0.25) is 0 Å². The molecule has 2 aromatic carbocycles. The first-order chi connectivity index (χ1) is 12.7. The zero-order chi connectivity index (χ0) is 18.1. The van der Waals surface area contributed by atoms with Crippen LogP contribution < -0.4 is 9.47 Å². The molecule has 134 valence electrons. The summed E-state index contributed by atoms with van der Waals surface area (Å²) in [4.78, 5) is 26.7. The Kier molecular flexibility index (Phi) is 4.37. The molecule has 0 radical (unpaired) electrons. The van der Waals surface area contributed by atoms with Gasteiger partial charge in [0.15, 0.2) is 0 Å². The standard InChI is InChI=1S/C21H21NO4/c1-25-15-10-12-17(13-11-15)26-16-8-6-14(7-9-16)22-20(23)18-4-2-3-5-19(18)21(22)24/h2-5,10-14,16H,6-9H2,1H3. The van der Waals surface area contributed by atoms with Gasteiger partial charge in [-0.05, 0) is 62.1 Å². The molecular formula is C21H21NO4. The number of carbonyl (C=O) groups is 2. The van der Waals surface area contributed by atoms with Crippen LogP contribution in [0.1, 0.15) is 46.4 Å². The molecule has 1 heterocycles. The Bertz CT molecular complexity index is 787. The van der Waals surface area contributed by atoms with E-state index >= 15 is 0 Å². The Morgan fingerprint density at radius 3 is 1.88 bits per heavy atom. The number of carbonyl (C=O) groups excluding carboxylic acids is 2. The number of ether oxygens (including phenoxy) is 2. The lowest BCUT2D eigenvalue weighted by atomic mass is 9.91. The fraction of sp³-hybridized carbons (Fsp3) is 0.333. The smallest absolute Gasteiger partial charge is 0.261 e. The van der Waals surface area contributed by atoms with Crippen LogP contribution in [0.25, 0.3) is 0 Å². The largest absolute Gasteiger partial charge is 0.497 e. The van der Waals surface area contributed by atoms with Crippen molar-refractivity contribution in [3.05, 3.63) is 59.7 Å². The second kappa shape index (κ2) is 6.83. The van der Waals surface area contributed by atoms with Crippen molar-refractivity contribution >= 4 is 11.8 Å². The van der Waals surface area contributed by atoms with Crippen LogP contribution in [0.15, 0.2) is 48.5 Å². The molecule has 4 rings (SSSR count). The van der Waals surface area contributed by atoms with Crippen molar-refractivity contribution in [2.45, 2.75) is 37.8 Å². The summed E-state index contributed by atoms with van der Waals surface area (Å²) in [6.45, 7) is 0. The summed E-state index contributed by atoms with van der Waals surface area (Å²) < 4.78 is 11.2. The summed E-state index contributed by atoms with van der Waals surface area (Å²) in [7, 11) is 1.64. The fourth-order valence-electron chi connectivity index (χ4n) is 3.81. The average molecular weight is 351 g/mol. The van der Waals surface area contributed by atoms with E-state index in [1.54, 1.807) is 31.4 Å². The molecule has 2 aliphatic rings. The predicted molar refractivity (Wildman–Crippen MR) is 96.6 cm³/mol. The van der Waals surface area contributed by atoms with Gasteiger partial charge in [0.1, 0.15) is 11.5 Å². The third-order valence-electron chi connectivity index (χ3n) is 5.20. The van der Waals surface area contributed by atoms with Gasteiger partial charge in [0.25, 0.3) is 11.8 Å². The third-order valence-corrected chi connectivity index (χ3v) is 5.20. The van der Waals surface area contributed by atoms with Gasteiger partial charge in [0, 0.05) is 6.04 Å². The van der Waals surface area contributed by atoms with Gasteiger partial charge in [-0.3, -0.25) is 14.5 Å². The quantitative estimate of drug-likeness (QED) is 0.789. The molecule has 1 aliphatic heterocycles. The van der Waals surface area contributed by atoms with Crippen molar-refractivity contribution in [3.63, 3.8) is 0 Å². The van der Waals surface area contributed by atoms with Crippen molar-refractivity contribution in [2.75, 3.05) is 7.11 Å². The van der Waals surface area contributed by atoms with Crippen LogP contribution in [0.3, 0.4) is 0 Å². The van der Waals surface area contributed by atoms with E-state index in [4.69, 9.17) is 9.47 Å². The molecule has 0 N–H and O–H groups in total. The summed E-state index contributed by atoms with van der Waals surface area (Å²) in [6, 6.07) is 14.6. The molecule has 5 nitrogen and oxygen atoms in total. The second-order valence-electron chi connectivity index (χ2n) is 6.75. The Balaban J connectivity index is 1.38. The molecule has 0 bridgehead atoms. The molecule has 0 saturated heterocycles. The summed E-state index contributed by atoms with van der Waals surface area (Å²) in [5.41, 5.74) is 1.04. The highest BCUT2D eigenvalue weighted by Crippen LogP contribution is 2.32. The third kappa shape index (κ3) is 2.94. The first-order valence-corrected chi connectivity index (χ1v) is 8.95. The van der Waals surface area contributed by atoms with Gasteiger partial charge in [0.05, 0.1) is 24.3 Å². The van der Waals surface area contributed by atoms with Crippen molar-refractivity contribution in [1.29, 1.82) is 0 Å². The lowest BCUT2D eigenvalue weighted by Gasteiger charge is -2.33. The highest BCUT2D eigenvalue weighted by atomic mass is 16.5. The van der Waals surface area contributed by atoms with Crippen LogP contribution >= 0.6 is 0 Å². The second-order valence-corrected chi connectivity index (χ2v) is 6.75. The summed E-state index contributed by atoms with van der Waals surface area (Å²) in [5, 5.41) is 0. The normalized spacial score (nSPS) is 22.3. The van der Waals surface area contributed by atoms with Crippen LogP contribution in [-0.2, 0) is 0 Å². The molecule has 0 unspecified atom stereocenters. The summed E-state index contributed by atoms with van der Waals surface area (Å²) in [5.74, 6) is 1.29. The molecule has 2 aromatic rings. The van der Waals surface area contributed by atoms with Gasteiger partial charge in [-0.1, -0.05) is 12.1 Å². The molecular weight excluding hydrogens is 330 g/mol. The topological polar surface area (TPSA) is 55.8 Å². The van der Waals surface area contributed by atoms with Gasteiger partial charge < -0.3 is 9.47 Å². The molecule has 0 spiro atoms. The molecule has 0 atom stereocenters. The Labute approximate surface area is 152 Å². The fourth-order valence-corrected chi connectivity index (χ4v) is 3.81. The van der Waals surface area contributed by atoms with E-state index in [1.807, 2.05) is 24.3 Å². The molecule has 5 heteroatoms. The number of imide groups is 1. The van der Waals surface area contributed by atoms with E-state index in [9.17, 15) is 9.59 Å². The van der Waals surface area contributed by atoms with E-state index in [2.05, 4.69) is 0 Å². The monoisotopic (exact) mass is 351 g/mol. The van der Waals surface area contributed by atoms with Gasteiger partial charge in [-0.2, -0.15) is 0 Å². The first kappa shape index (κ1) is 16.6. The number of nitrogens with zero attached hydrogens (tertiary/aromatic N) is 1. The molecule has 0 aromatic heterocycles. The zero-order valence-corrected chi connectivity index (χ0v) is 14.7. The van der Waals surface area contributed by atoms with Crippen molar-refractivity contribution in [3.8, 4) is 11.5 Å². The lowest BCUT2D eigenvalue weighted by molar-refractivity contribution is 0.0478. The van der Waals surface area contributed by atoms with E-state index in [1.165, 1.54) is 4.90 Å². The molecule has 1 aliphatic carbocycles. The number of hydrogen-bond donors (Lipinski definition) is 0. The highest BCUT2D eigenvalue weighted by molar-refractivity contribution is 6.21. The van der Waals surface area contributed by atoms with E-state index in [-0.39, 0.29) is 24.0 Å². The average Bonchev–Trinajstić information content (AvgIpc) is 2.94. The Morgan fingerprint density at radius 1 is 0.808 bits per heavy atom. The summed E-state index contributed by atoms with van der Waals surface area (Å²) in [6.07, 6.45) is 3.29. The maximum Gasteiger partial charge on any atom is 0.261 e. The van der Waals surface area contributed by atoms with E-state index in [0.717, 1.165) is 37.2 Å². The molecule has 1 fully saturated rings. The van der Waals surface area contributed by atoms with Crippen LogP contribution in [0, 0.1) is 0 Å². The van der Waals surface area contributed by atoms with Crippen LogP contribution in [-0.4, -0.2) is 36.0 Å². The Morgan fingerprint density at radius 2 is 1.35 bits per heavy atom. The Hall–Kier alpha value is -2.82. The van der Waals surface area contributed by atoms with E-state index < -0.39 is 0 Å². The predicted octanol–water partition coefficient (Wildman–Crippen LogP) is 3.68. The maximum absolute atomic E-state index is 12.6. The molecule has 26 heavy (non-hydrogen) atoms. The minimum absolute atomic E-state index is 0.0434. The van der Waals surface area contributed by atoms with Crippen molar-refractivity contribution in [1.82, 2.24) is 4.90 Å². The number of methoxy groups -OCH3 is 1. The molecule has 2 amide bonds. The number of fused-ring (bicyclic) bond motifs is 1. The number of amides is 2. The van der Waals surface area contributed by atoms with Crippen LogP contribution in [0.5, 0.6) is 11.5 Å². The highest BCUT2D eigenvalue weighted by Gasteiger charge is 2.41. The molecule has 1 saturated carbocycles. The summed E-state index contributed by atoms with van der Waals surface area (Å²) >= 11 is 0. The van der Waals surface area contributed by atoms with Gasteiger partial charge in [-0.25, -0.2) is 0 Å². The number of rotatable bonds is 4. The minimum atomic E-state index is -0.162. The number of hydrogen-bond acceptors (Lipinski definition) is 4. The van der Waals surface area contributed by atoms with Gasteiger partial charge in [-0.15, -0.1) is 0 Å². The van der Waals surface area contributed by atoms with Crippen LogP contribution in [0.4, 0.5) is 0 Å². The van der Waals surface area contributed by atoms with Gasteiger partial charge >= 0.3 is 0 Å². The minimum Gasteiger partial charge on any atom is -0.497 e.